The van der Waals surface area contributed by atoms with Gasteiger partial charge in [-0.3, -0.25) is 0 Å². The van der Waals surface area contributed by atoms with Crippen molar-refractivity contribution in [3.05, 3.63) is 59.1 Å². The molecule has 5 heteroatoms. The molecule has 0 aliphatic heterocycles. The minimum atomic E-state index is 0.0927. The zero-order valence-electron chi connectivity index (χ0n) is 11.9. The minimum Gasteiger partial charge on any atom is -0.497 e. The van der Waals surface area contributed by atoms with Gasteiger partial charge in [-0.05, 0) is 55.0 Å². The normalized spacial score (nSPS) is 11.6. The molecule has 2 N–H and O–H groups in total. The summed E-state index contributed by atoms with van der Waals surface area (Å²) in [5, 5.41) is 7.58. The molecule has 0 saturated heterocycles. The predicted octanol–water partition coefficient (Wildman–Crippen LogP) is 4.40. The molecule has 2 aromatic carbocycles. The Kier molecular flexibility index (Phi) is 5.42. The van der Waals surface area contributed by atoms with Crippen molar-refractivity contribution in [2.45, 2.75) is 13.0 Å². The highest BCUT2D eigenvalue weighted by molar-refractivity contribution is 7.80. The molecule has 0 amide bonds. The summed E-state index contributed by atoms with van der Waals surface area (Å²) in [5.41, 5.74) is 1.99. The van der Waals surface area contributed by atoms with Crippen LogP contribution in [0.1, 0.15) is 18.5 Å². The van der Waals surface area contributed by atoms with Crippen LogP contribution in [0.4, 0.5) is 5.69 Å². The van der Waals surface area contributed by atoms with E-state index in [-0.39, 0.29) is 6.04 Å². The van der Waals surface area contributed by atoms with Crippen molar-refractivity contribution in [2.24, 2.45) is 0 Å². The lowest BCUT2D eigenvalue weighted by atomic mass is 10.1. The number of halogens is 1. The monoisotopic (exact) mass is 320 g/mol. The van der Waals surface area contributed by atoms with Crippen molar-refractivity contribution in [2.75, 3.05) is 12.4 Å². The number of methoxy groups -OCH3 is 1. The predicted molar refractivity (Wildman–Crippen MR) is 92.2 cm³/mol. The van der Waals surface area contributed by atoms with Crippen molar-refractivity contribution in [3.8, 4) is 5.75 Å². The number of nitrogens with one attached hydrogen (secondary N) is 2. The van der Waals surface area contributed by atoms with E-state index in [2.05, 4.69) is 10.6 Å². The summed E-state index contributed by atoms with van der Waals surface area (Å²) >= 11 is 11.3. The highest BCUT2D eigenvalue weighted by Crippen LogP contribution is 2.18. The second kappa shape index (κ2) is 7.29. The van der Waals surface area contributed by atoms with Crippen LogP contribution in [0.25, 0.3) is 0 Å². The van der Waals surface area contributed by atoms with Crippen LogP contribution in [0.2, 0.25) is 5.02 Å². The van der Waals surface area contributed by atoms with Gasteiger partial charge in [-0.15, -0.1) is 0 Å². The largest absolute Gasteiger partial charge is 0.497 e. The second-order valence-electron chi connectivity index (χ2n) is 4.60. The van der Waals surface area contributed by atoms with Crippen LogP contribution in [-0.2, 0) is 0 Å². The summed E-state index contributed by atoms with van der Waals surface area (Å²) in [6.45, 7) is 2.05. The Bertz CT molecular complexity index is 616. The molecule has 0 radical (unpaired) electrons. The van der Waals surface area contributed by atoms with E-state index in [0.29, 0.717) is 10.1 Å². The molecule has 0 unspecified atom stereocenters. The average molecular weight is 321 g/mol. The molecule has 0 heterocycles. The van der Waals surface area contributed by atoms with Crippen molar-refractivity contribution < 1.29 is 4.74 Å². The SMILES string of the molecule is COc1ccc([C@H](C)NC(=S)Nc2cccc(Cl)c2)cc1. The molecule has 2 aromatic rings. The molecule has 0 aromatic heterocycles. The number of thiocarbonyl (C=S) groups is 1. The molecular formula is C16H17ClN2OS. The number of rotatable bonds is 4. The Morgan fingerprint density at radius 3 is 2.52 bits per heavy atom. The number of benzene rings is 2. The van der Waals surface area contributed by atoms with E-state index in [1.807, 2.05) is 55.5 Å². The molecule has 2 rings (SSSR count). The Morgan fingerprint density at radius 1 is 1.19 bits per heavy atom. The highest BCUT2D eigenvalue weighted by atomic mass is 35.5. The molecular weight excluding hydrogens is 304 g/mol. The molecule has 3 nitrogen and oxygen atoms in total. The van der Waals surface area contributed by atoms with Crippen LogP contribution in [0.15, 0.2) is 48.5 Å². The third-order valence-electron chi connectivity index (χ3n) is 3.05. The zero-order chi connectivity index (χ0) is 15.2. The molecule has 0 spiro atoms. The van der Waals surface area contributed by atoms with Gasteiger partial charge in [-0.25, -0.2) is 0 Å². The molecule has 0 aliphatic rings. The standard InChI is InChI=1S/C16H17ClN2OS/c1-11(12-6-8-15(20-2)9-7-12)18-16(21)19-14-5-3-4-13(17)10-14/h3-11H,1-2H3,(H2,18,19,21)/t11-/m0/s1. The lowest BCUT2D eigenvalue weighted by Crippen LogP contribution is -2.30. The van der Waals surface area contributed by atoms with E-state index >= 15 is 0 Å². The number of anilines is 1. The fraction of sp³-hybridized carbons (Fsp3) is 0.188. The summed E-state index contributed by atoms with van der Waals surface area (Å²) in [6, 6.07) is 15.4. The molecule has 0 fully saturated rings. The fourth-order valence-corrected chi connectivity index (χ4v) is 2.39. The summed E-state index contributed by atoms with van der Waals surface area (Å²) in [6.07, 6.45) is 0. The first-order valence-electron chi connectivity index (χ1n) is 6.55. The zero-order valence-corrected chi connectivity index (χ0v) is 13.5. The van der Waals surface area contributed by atoms with Crippen LogP contribution < -0.4 is 15.4 Å². The number of hydrogen-bond donors (Lipinski definition) is 2. The van der Waals surface area contributed by atoms with Gasteiger partial charge >= 0.3 is 0 Å². The van der Waals surface area contributed by atoms with Crippen molar-refractivity contribution in [3.63, 3.8) is 0 Å². The summed E-state index contributed by atoms with van der Waals surface area (Å²) in [4.78, 5) is 0. The summed E-state index contributed by atoms with van der Waals surface area (Å²) in [7, 11) is 1.65. The molecule has 21 heavy (non-hydrogen) atoms. The molecule has 1 atom stereocenters. The quantitative estimate of drug-likeness (QED) is 0.818. The van der Waals surface area contributed by atoms with Crippen molar-refractivity contribution in [1.82, 2.24) is 5.32 Å². The summed E-state index contributed by atoms with van der Waals surface area (Å²) < 4.78 is 5.15. The first kappa shape index (κ1) is 15.6. The van der Waals surface area contributed by atoms with Gasteiger partial charge < -0.3 is 15.4 Å². The van der Waals surface area contributed by atoms with Gasteiger partial charge in [0.15, 0.2) is 5.11 Å². The minimum absolute atomic E-state index is 0.0927. The Hall–Kier alpha value is -1.78. The van der Waals surface area contributed by atoms with Crippen LogP contribution >= 0.6 is 23.8 Å². The van der Waals surface area contributed by atoms with E-state index < -0.39 is 0 Å². The van der Waals surface area contributed by atoms with Gasteiger partial charge in [-0.1, -0.05) is 29.8 Å². The van der Waals surface area contributed by atoms with Gasteiger partial charge in [-0.2, -0.15) is 0 Å². The van der Waals surface area contributed by atoms with Crippen molar-refractivity contribution in [1.29, 1.82) is 0 Å². The van der Waals surface area contributed by atoms with E-state index in [1.54, 1.807) is 7.11 Å². The lowest BCUT2D eigenvalue weighted by molar-refractivity contribution is 0.414. The molecule has 0 bridgehead atoms. The van der Waals surface area contributed by atoms with E-state index in [1.165, 1.54) is 0 Å². The van der Waals surface area contributed by atoms with Gasteiger partial charge in [0.1, 0.15) is 5.75 Å². The van der Waals surface area contributed by atoms with Gasteiger partial charge in [0.05, 0.1) is 13.2 Å². The van der Waals surface area contributed by atoms with Gasteiger partial charge in [0.2, 0.25) is 0 Å². The maximum absolute atomic E-state index is 5.94. The van der Waals surface area contributed by atoms with Gasteiger partial charge in [0.25, 0.3) is 0 Å². The third-order valence-corrected chi connectivity index (χ3v) is 3.50. The van der Waals surface area contributed by atoms with Crippen LogP contribution in [0.5, 0.6) is 5.75 Å². The summed E-state index contributed by atoms with van der Waals surface area (Å²) in [5.74, 6) is 0.838. The molecule has 0 saturated carbocycles. The molecule has 0 aliphatic carbocycles. The maximum Gasteiger partial charge on any atom is 0.171 e. The lowest BCUT2D eigenvalue weighted by Gasteiger charge is -2.17. The maximum atomic E-state index is 5.94. The van der Waals surface area contributed by atoms with Gasteiger partial charge in [0, 0.05) is 10.7 Å². The van der Waals surface area contributed by atoms with Crippen LogP contribution in [0.3, 0.4) is 0 Å². The average Bonchev–Trinajstić information content (AvgIpc) is 2.47. The Labute approximate surface area is 135 Å². The van der Waals surface area contributed by atoms with E-state index in [0.717, 1.165) is 17.0 Å². The second-order valence-corrected chi connectivity index (χ2v) is 5.45. The third kappa shape index (κ3) is 4.62. The first-order valence-corrected chi connectivity index (χ1v) is 7.34. The van der Waals surface area contributed by atoms with Crippen LogP contribution in [0, 0.1) is 0 Å². The number of ether oxygens (including phenoxy) is 1. The Morgan fingerprint density at radius 2 is 1.90 bits per heavy atom. The van der Waals surface area contributed by atoms with E-state index in [4.69, 9.17) is 28.6 Å². The highest BCUT2D eigenvalue weighted by Gasteiger charge is 2.07. The number of hydrogen-bond acceptors (Lipinski definition) is 2. The smallest absolute Gasteiger partial charge is 0.171 e. The van der Waals surface area contributed by atoms with Crippen LogP contribution in [-0.4, -0.2) is 12.2 Å². The fourth-order valence-electron chi connectivity index (χ4n) is 1.91. The molecule has 110 valence electrons. The topological polar surface area (TPSA) is 33.3 Å². The van der Waals surface area contributed by atoms with E-state index in [9.17, 15) is 0 Å². The Balaban J connectivity index is 1.95. The van der Waals surface area contributed by atoms with Crippen molar-refractivity contribution >= 4 is 34.6 Å². The first-order chi connectivity index (χ1) is 10.1.